The second kappa shape index (κ2) is 3.12. The van der Waals surface area contributed by atoms with Gasteiger partial charge in [0.15, 0.2) is 11.6 Å². The summed E-state index contributed by atoms with van der Waals surface area (Å²) < 4.78 is 25.3. The Kier molecular flexibility index (Phi) is 1.96. The Morgan fingerprint density at radius 2 is 2.08 bits per heavy atom. The van der Waals surface area contributed by atoms with Crippen LogP contribution in [-0.4, -0.2) is 12.3 Å². The van der Waals surface area contributed by atoms with Crippen molar-refractivity contribution in [2.45, 2.75) is 6.42 Å². The second-order valence-corrected chi connectivity index (χ2v) is 2.75. The van der Waals surface area contributed by atoms with Crippen LogP contribution < -0.4 is 0 Å². The van der Waals surface area contributed by atoms with E-state index < -0.39 is 11.6 Å². The lowest BCUT2D eigenvalue weighted by molar-refractivity contribution is 0.174. The molecule has 13 heavy (non-hydrogen) atoms. The van der Waals surface area contributed by atoms with E-state index in [1.807, 2.05) is 0 Å². The van der Waals surface area contributed by atoms with E-state index in [9.17, 15) is 8.78 Å². The summed E-state index contributed by atoms with van der Waals surface area (Å²) in [7, 11) is 0. The number of hydrogen-bond acceptors (Lipinski definition) is 2. The van der Waals surface area contributed by atoms with Crippen LogP contribution in [0.2, 0.25) is 0 Å². The fraction of sp³-hybridized carbons (Fsp3) is 0.222. The van der Waals surface area contributed by atoms with Crippen molar-refractivity contribution < 1.29 is 13.6 Å². The molecule has 1 aromatic rings. The first kappa shape index (κ1) is 8.16. The molecule has 0 saturated heterocycles. The Labute approximate surface area is 73.8 Å². The van der Waals surface area contributed by atoms with Crippen molar-refractivity contribution >= 4 is 5.71 Å². The normalized spacial score (nSPS) is 15.4. The zero-order valence-corrected chi connectivity index (χ0v) is 6.76. The molecule has 0 bridgehead atoms. The number of rotatable bonds is 1. The first-order valence-corrected chi connectivity index (χ1v) is 3.91. The maximum Gasteiger partial charge on any atom is 0.159 e. The summed E-state index contributed by atoms with van der Waals surface area (Å²) in [4.78, 5) is 4.75. The first-order valence-electron chi connectivity index (χ1n) is 3.91. The molecule has 4 heteroatoms. The molecular formula is C9H7F2NO. The van der Waals surface area contributed by atoms with Crippen LogP contribution in [0.5, 0.6) is 0 Å². The number of benzene rings is 1. The second-order valence-electron chi connectivity index (χ2n) is 2.75. The zero-order chi connectivity index (χ0) is 9.26. The standard InChI is InChI=1S/C9H7F2NO/c10-7-2-1-6(5-8(7)11)9-3-4-13-12-9/h1-2,5H,3-4H2. The van der Waals surface area contributed by atoms with Crippen molar-refractivity contribution in [3.05, 3.63) is 35.4 Å². The van der Waals surface area contributed by atoms with Crippen molar-refractivity contribution in [1.29, 1.82) is 0 Å². The topological polar surface area (TPSA) is 21.6 Å². The summed E-state index contributed by atoms with van der Waals surface area (Å²) in [5.74, 6) is -1.70. The van der Waals surface area contributed by atoms with Gasteiger partial charge in [-0.05, 0) is 18.2 Å². The summed E-state index contributed by atoms with van der Waals surface area (Å²) in [6.07, 6.45) is 0.644. The number of halogens is 2. The Morgan fingerprint density at radius 3 is 2.69 bits per heavy atom. The Morgan fingerprint density at radius 1 is 1.23 bits per heavy atom. The predicted octanol–water partition coefficient (Wildman–Crippen LogP) is 2.09. The quantitative estimate of drug-likeness (QED) is 0.653. The minimum atomic E-state index is -0.855. The molecule has 2 nitrogen and oxygen atoms in total. The van der Waals surface area contributed by atoms with E-state index in [0.29, 0.717) is 24.3 Å². The average molecular weight is 183 g/mol. The summed E-state index contributed by atoms with van der Waals surface area (Å²) in [6.45, 7) is 0.508. The van der Waals surface area contributed by atoms with E-state index in [1.54, 1.807) is 0 Å². The van der Waals surface area contributed by atoms with E-state index in [0.717, 1.165) is 12.1 Å². The highest BCUT2D eigenvalue weighted by Gasteiger charge is 2.12. The lowest BCUT2D eigenvalue weighted by Crippen LogP contribution is -1.98. The van der Waals surface area contributed by atoms with E-state index in [2.05, 4.69) is 5.16 Å². The molecule has 0 unspecified atom stereocenters. The van der Waals surface area contributed by atoms with Crippen LogP contribution in [-0.2, 0) is 4.84 Å². The van der Waals surface area contributed by atoms with Gasteiger partial charge in [-0.1, -0.05) is 5.16 Å². The highest BCUT2D eigenvalue weighted by molar-refractivity contribution is 6.00. The van der Waals surface area contributed by atoms with E-state index in [4.69, 9.17) is 4.84 Å². The maximum absolute atomic E-state index is 12.8. The molecule has 1 aromatic carbocycles. The molecule has 0 fully saturated rings. The van der Waals surface area contributed by atoms with Gasteiger partial charge in [0.1, 0.15) is 6.61 Å². The minimum absolute atomic E-state index is 0.508. The maximum atomic E-state index is 12.8. The molecule has 0 atom stereocenters. The van der Waals surface area contributed by atoms with E-state index >= 15 is 0 Å². The first-order chi connectivity index (χ1) is 6.27. The number of oxime groups is 1. The fourth-order valence-corrected chi connectivity index (χ4v) is 1.18. The predicted molar refractivity (Wildman–Crippen MR) is 43.5 cm³/mol. The van der Waals surface area contributed by atoms with Gasteiger partial charge in [0.05, 0.1) is 5.71 Å². The van der Waals surface area contributed by atoms with Gasteiger partial charge in [-0.15, -0.1) is 0 Å². The van der Waals surface area contributed by atoms with Crippen LogP contribution in [0.4, 0.5) is 8.78 Å². The third kappa shape index (κ3) is 1.52. The van der Waals surface area contributed by atoms with Crippen LogP contribution >= 0.6 is 0 Å². The Hall–Kier alpha value is -1.45. The summed E-state index contributed by atoms with van der Waals surface area (Å²) >= 11 is 0. The molecule has 0 saturated carbocycles. The van der Waals surface area contributed by atoms with Crippen molar-refractivity contribution in [3.8, 4) is 0 Å². The Balaban J connectivity index is 2.36. The van der Waals surface area contributed by atoms with Crippen LogP contribution in [0.3, 0.4) is 0 Å². The third-order valence-electron chi connectivity index (χ3n) is 1.86. The molecule has 0 aliphatic carbocycles. The van der Waals surface area contributed by atoms with Crippen molar-refractivity contribution in [1.82, 2.24) is 0 Å². The third-order valence-corrected chi connectivity index (χ3v) is 1.86. The lowest BCUT2D eigenvalue weighted by atomic mass is 10.1. The van der Waals surface area contributed by atoms with Gasteiger partial charge in [-0.2, -0.15) is 0 Å². The molecule has 1 heterocycles. The molecule has 0 amide bonds. The highest BCUT2D eigenvalue weighted by atomic mass is 19.2. The Bertz CT molecular complexity index is 363. The summed E-state index contributed by atoms with van der Waals surface area (Å²) in [6, 6.07) is 3.71. The molecule has 0 aromatic heterocycles. The van der Waals surface area contributed by atoms with Gasteiger partial charge >= 0.3 is 0 Å². The van der Waals surface area contributed by atoms with E-state index in [-0.39, 0.29) is 0 Å². The number of nitrogens with zero attached hydrogens (tertiary/aromatic N) is 1. The zero-order valence-electron chi connectivity index (χ0n) is 6.76. The summed E-state index contributed by atoms with van der Waals surface area (Å²) in [5, 5.41) is 3.70. The van der Waals surface area contributed by atoms with Gasteiger partial charge in [-0.25, -0.2) is 8.78 Å². The van der Waals surface area contributed by atoms with Crippen LogP contribution in [0.1, 0.15) is 12.0 Å². The van der Waals surface area contributed by atoms with Crippen LogP contribution in [0.25, 0.3) is 0 Å². The average Bonchev–Trinajstić information content (AvgIpc) is 2.62. The molecule has 1 aliphatic rings. The van der Waals surface area contributed by atoms with Gasteiger partial charge in [0, 0.05) is 12.0 Å². The van der Waals surface area contributed by atoms with Gasteiger partial charge in [0.2, 0.25) is 0 Å². The van der Waals surface area contributed by atoms with Crippen molar-refractivity contribution in [2.75, 3.05) is 6.61 Å². The fourth-order valence-electron chi connectivity index (χ4n) is 1.18. The molecular weight excluding hydrogens is 176 g/mol. The molecule has 0 spiro atoms. The summed E-state index contributed by atoms with van der Waals surface area (Å²) in [5.41, 5.74) is 1.25. The molecule has 2 rings (SSSR count). The van der Waals surface area contributed by atoms with Gasteiger partial charge in [0.25, 0.3) is 0 Å². The molecule has 68 valence electrons. The smallest absolute Gasteiger partial charge is 0.159 e. The molecule has 1 aliphatic heterocycles. The molecule has 0 N–H and O–H groups in total. The monoisotopic (exact) mass is 183 g/mol. The van der Waals surface area contributed by atoms with Crippen molar-refractivity contribution in [2.24, 2.45) is 5.16 Å². The van der Waals surface area contributed by atoms with Gasteiger partial charge in [-0.3, -0.25) is 0 Å². The lowest BCUT2D eigenvalue weighted by Gasteiger charge is -1.98. The number of hydrogen-bond donors (Lipinski definition) is 0. The highest BCUT2D eigenvalue weighted by Crippen LogP contribution is 2.14. The van der Waals surface area contributed by atoms with Crippen LogP contribution in [0, 0.1) is 11.6 Å². The van der Waals surface area contributed by atoms with E-state index in [1.165, 1.54) is 6.07 Å². The largest absolute Gasteiger partial charge is 0.395 e. The SMILES string of the molecule is Fc1ccc(C2=NOCC2)cc1F. The van der Waals surface area contributed by atoms with Gasteiger partial charge < -0.3 is 4.84 Å². The minimum Gasteiger partial charge on any atom is -0.395 e. The van der Waals surface area contributed by atoms with Crippen LogP contribution in [0.15, 0.2) is 23.4 Å². The van der Waals surface area contributed by atoms with Crippen molar-refractivity contribution in [3.63, 3.8) is 0 Å². The molecule has 0 radical (unpaired) electrons.